The van der Waals surface area contributed by atoms with E-state index in [2.05, 4.69) is 19.8 Å². The van der Waals surface area contributed by atoms with Crippen LogP contribution in [0.2, 0.25) is 18.8 Å². The van der Waals surface area contributed by atoms with Crippen molar-refractivity contribution >= 4 is 24.2 Å². The number of pyridine rings is 1. The maximum absolute atomic E-state index is 5.70. The fraction of sp³-hybridized carbons (Fsp3) is 0.545. The van der Waals surface area contributed by atoms with Crippen molar-refractivity contribution in [2.75, 3.05) is 18.2 Å². The zero-order chi connectivity index (χ0) is 10.9. The molecule has 0 aliphatic carbocycles. The molecule has 0 N–H and O–H groups in total. The van der Waals surface area contributed by atoms with Gasteiger partial charge in [0.1, 0.15) is 0 Å². The van der Waals surface area contributed by atoms with Crippen molar-refractivity contribution in [1.29, 1.82) is 0 Å². The minimum absolute atomic E-state index is 0.779. The van der Waals surface area contributed by atoms with E-state index in [0.29, 0.717) is 0 Å². The van der Waals surface area contributed by atoms with Gasteiger partial charge in [-0.2, -0.15) is 0 Å². The summed E-state index contributed by atoms with van der Waals surface area (Å²) in [5.74, 6) is 0.940. The van der Waals surface area contributed by atoms with Gasteiger partial charge in [-0.15, -0.1) is 0 Å². The summed E-state index contributed by atoms with van der Waals surface area (Å²) in [4.78, 5) is 17.4. The first-order valence-electron chi connectivity index (χ1n) is 5.39. The fourth-order valence-corrected chi connectivity index (χ4v) is 5.35. The van der Waals surface area contributed by atoms with Crippen LogP contribution in [0.1, 0.15) is 0 Å². The first-order chi connectivity index (χ1) is 7.07. The number of hydrogen-bond donors (Lipinski definition) is 0. The SMILES string of the molecule is [CH3][Sn]([CH3])([CH3])[C@@H]1CON(c2ccccn2)C1. The van der Waals surface area contributed by atoms with E-state index in [1.807, 2.05) is 29.5 Å². The molecular formula is C11H18N2OSn. The van der Waals surface area contributed by atoms with Gasteiger partial charge in [0.05, 0.1) is 0 Å². The fourth-order valence-electron chi connectivity index (χ4n) is 1.67. The van der Waals surface area contributed by atoms with Crippen molar-refractivity contribution in [3.8, 4) is 0 Å². The van der Waals surface area contributed by atoms with Crippen LogP contribution in [0.4, 0.5) is 5.82 Å². The van der Waals surface area contributed by atoms with Crippen molar-refractivity contribution in [2.45, 2.75) is 18.8 Å². The standard InChI is InChI=1S/C8H9N2O.3CH3.Sn/c1-2-5-9-8(4-1)10-6-3-7-11-10;;;;/h1-5H,6-7H2;3*1H3;. The number of hydrogen-bond acceptors (Lipinski definition) is 3. The summed E-state index contributed by atoms with van der Waals surface area (Å²) in [6.45, 7) is 1.91. The zero-order valence-corrected chi connectivity index (χ0v) is 12.5. The van der Waals surface area contributed by atoms with Gasteiger partial charge in [0.25, 0.3) is 0 Å². The Morgan fingerprint density at radius 2 is 2.20 bits per heavy atom. The second-order valence-electron chi connectivity index (χ2n) is 5.11. The van der Waals surface area contributed by atoms with Gasteiger partial charge in [-0.25, -0.2) is 0 Å². The van der Waals surface area contributed by atoms with E-state index >= 15 is 0 Å². The number of nitrogens with zero attached hydrogens (tertiary/aromatic N) is 2. The molecule has 0 amide bonds. The van der Waals surface area contributed by atoms with Crippen LogP contribution >= 0.6 is 0 Å². The van der Waals surface area contributed by atoms with Crippen molar-refractivity contribution < 1.29 is 4.84 Å². The summed E-state index contributed by atoms with van der Waals surface area (Å²) in [7, 11) is 0. The van der Waals surface area contributed by atoms with Gasteiger partial charge < -0.3 is 0 Å². The Balaban J connectivity index is 2.05. The van der Waals surface area contributed by atoms with Gasteiger partial charge in [-0.3, -0.25) is 0 Å². The molecule has 4 heteroatoms. The van der Waals surface area contributed by atoms with Crippen LogP contribution in [0.15, 0.2) is 24.4 Å². The van der Waals surface area contributed by atoms with Gasteiger partial charge in [0.2, 0.25) is 0 Å². The predicted octanol–water partition coefficient (Wildman–Crippen LogP) is 2.54. The van der Waals surface area contributed by atoms with Gasteiger partial charge in [0, 0.05) is 0 Å². The van der Waals surface area contributed by atoms with Crippen LogP contribution in [0.3, 0.4) is 0 Å². The second-order valence-corrected chi connectivity index (χ2v) is 20.9. The quantitative estimate of drug-likeness (QED) is 0.785. The Morgan fingerprint density at radius 3 is 2.73 bits per heavy atom. The molecule has 1 fully saturated rings. The third-order valence-corrected chi connectivity index (χ3v) is 10.9. The molecule has 0 bridgehead atoms. The van der Waals surface area contributed by atoms with Crippen LogP contribution in [0.5, 0.6) is 0 Å². The molecule has 1 aromatic rings. The molecule has 0 saturated carbocycles. The van der Waals surface area contributed by atoms with E-state index in [9.17, 15) is 0 Å². The van der Waals surface area contributed by atoms with Crippen molar-refractivity contribution in [3.05, 3.63) is 24.4 Å². The first-order valence-corrected chi connectivity index (χ1v) is 15.6. The predicted molar refractivity (Wildman–Crippen MR) is 64.6 cm³/mol. The molecule has 1 aromatic heterocycles. The van der Waals surface area contributed by atoms with Crippen LogP contribution in [0.25, 0.3) is 0 Å². The molecule has 82 valence electrons. The molecule has 0 radical (unpaired) electrons. The second kappa shape index (κ2) is 4.29. The molecule has 1 aliphatic heterocycles. The van der Waals surface area contributed by atoms with Crippen LogP contribution < -0.4 is 5.06 Å². The Labute approximate surface area is 95.3 Å². The molecule has 2 heterocycles. The third kappa shape index (κ3) is 2.63. The van der Waals surface area contributed by atoms with E-state index in [0.717, 1.165) is 22.9 Å². The van der Waals surface area contributed by atoms with E-state index in [1.165, 1.54) is 0 Å². The van der Waals surface area contributed by atoms with Crippen LogP contribution in [0, 0.1) is 0 Å². The molecule has 0 unspecified atom stereocenters. The topological polar surface area (TPSA) is 25.4 Å². The van der Waals surface area contributed by atoms with Crippen LogP contribution in [-0.2, 0) is 4.84 Å². The molecule has 0 aromatic carbocycles. The van der Waals surface area contributed by atoms with Crippen LogP contribution in [-0.4, -0.2) is 36.5 Å². The zero-order valence-electron chi connectivity index (χ0n) is 9.60. The summed E-state index contributed by atoms with van der Waals surface area (Å²) >= 11 is -1.80. The van der Waals surface area contributed by atoms with E-state index in [1.54, 1.807) is 0 Å². The Bertz CT molecular complexity index is 323. The monoisotopic (exact) mass is 314 g/mol. The molecule has 1 saturated heterocycles. The number of aromatic nitrogens is 1. The van der Waals surface area contributed by atoms with E-state index in [-0.39, 0.29) is 0 Å². The number of rotatable bonds is 2. The summed E-state index contributed by atoms with van der Waals surface area (Å²) in [5.41, 5.74) is 0. The number of anilines is 1. The summed E-state index contributed by atoms with van der Waals surface area (Å²) in [5, 5.41) is 1.95. The molecule has 3 nitrogen and oxygen atoms in total. The summed E-state index contributed by atoms with van der Waals surface area (Å²) < 4.78 is 0.779. The molecule has 1 aliphatic rings. The summed E-state index contributed by atoms with van der Waals surface area (Å²) in [6, 6.07) is 5.93. The normalized spacial score (nSPS) is 22.1. The number of hydroxylamine groups is 1. The van der Waals surface area contributed by atoms with Crippen molar-refractivity contribution in [2.24, 2.45) is 0 Å². The van der Waals surface area contributed by atoms with E-state index in [4.69, 9.17) is 4.84 Å². The van der Waals surface area contributed by atoms with Gasteiger partial charge >= 0.3 is 95.4 Å². The first kappa shape index (κ1) is 11.2. The van der Waals surface area contributed by atoms with Crippen molar-refractivity contribution in [3.63, 3.8) is 0 Å². The molecular weight excluding hydrogens is 295 g/mol. The Morgan fingerprint density at radius 1 is 1.40 bits per heavy atom. The average Bonchev–Trinajstić information content (AvgIpc) is 2.67. The summed E-state index contributed by atoms with van der Waals surface area (Å²) in [6.07, 6.45) is 1.81. The molecule has 1 atom stereocenters. The molecule has 2 rings (SSSR count). The maximum atomic E-state index is 5.70. The van der Waals surface area contributed by atoms with Crippen molar-refractivity contribution in [1.82, 2.24) is 4.98 Å². The Hall–Kier alpha value is -0.291. The third-order valence-electron chi connectivity index (χ3n) is 2.95. The molecule has 15 heavy (non-hydrogen) atoms. The van der Waals surface area contributed by atoms with Gasteiger partial charge in [-0.05, 0) is 0 Å². The Kier molecular flexibility index (Phi) is 3.21. The minimum atomic E-state index is -1.80. The van der Waals surface area contributed by atoms with Gasteiger partial charge in [0.15, 0.2) is 0 Å². The molecule has 0 spiro atoms. The van der Waals surface area contributed by atoms with Gasteiger partial charge in [-0.1, -0.05) is 0 Å². The average molecular weight is 313 g/mol. The van der Waals surface area contributed by atoms with E-state index < -0.39 is 18.4 Å².